The van der Waals surface area contributed by atoms with Gasteiger partial charge in [0.05, 0.1) is 10.7 Å². The molecule has 0 aliphatic heterocycles. The van der Waals surface area contributed by atoms with Gasteiger partial charge in [-0.1, -0.05) is 18.2 Å². The van der Waals surface area contributed by atoms with Gasteiger partial charge in [-0.25, -0.2) is 4.98 Å². The number of thiazole rings is 1. The molecule has 1 aromatic carbocycles. The molecular formula is C20H31IN4OS. The summed E-state index contributed by atoms with van der Waals surface area (Å²) in [6.45, 7) is 11.8. The monoisotopic (exact) mass is 502 g/mol. The number of aryl methyl sites for hydroxylation is 2. The molecule has 27 heavy (non-hydrogen) atoms. The van der Waals surface area contributed by atoms with E-state index in [1.807, 2.05) is 25.1 Å². The largest absolute Gasteiger partial charge is 0.488 e. The number of rotatable bonds is 6. The van der Waals surface area contributed by atoms with Crippen LogP contribution in [-0.4, -0.2) is 30.1 Å². The van der Waals surface area contributed by atoms with Crippen LogP contribution < -0.4 is 15.4 Å². The van der Waals surface area contributed by atoms with Crippen molar-refractivity contribution in [3.05, 3.63) is 45.4 Å². The molecule has 5 nitrogen and oxygen atoms in total. The number of nitrogens with one attached hydrogen (secondary N) is 2. The van der Waals surface area contributed by atoms with Gasteiger partial charge in [0.2, 0.25) is 0 Å². The van der Waals surface area contributed by atoms with Gasteiger partial charge >= 0.3 is 0 Å². The number of aromatic nitrogens is 1. The zero-order valence-corrected chi connectivity index (χ0v) is 20.2. The molecule has 0 spiro atoms. The van der Waals surface area contributed by atoms with Crippen molar-refractivity contribution in [3.63, 3.8) is 0 Å². The number of para-hydroxylation sites is 1. The minimum Gasteiger partial charge on any atom is -0.488 e. The summed E-state index contributed by atoms with van der Waals surface area (Å²) in [6, 6.07) is 8.10. The maximum Gasteiger partial charge on any atom is 0.191 e. The number of aliphatic imine (C=N–C) groups is 1. The van der Waals surface area contributed by atoms with Gasteiger partial charge in [0.1, 0.15) is 11.4 Å². The van der Waals surface area contributed by atoms with E-state index in [1.165, 1.54) is 4.88 Å². The highest BCUT2D eigenvalue weighted by Gasteiger charge is 2.14. The standard InChI is InChI=1S/C20H30N4OS.HI/c1-14-18(26-15(2)24-14)11-12-22-19(21-6)23-13-16-9-7-8-10-17(16)25-20(3,4)5;/h7-10H,11-13H2,1-6H3,(H2,21,22,23);1H. The third-order valence-electron chi connectivity index (χ3n) is 3.70. The van der Waals surface area contributed by atoms with Crippen LogP contribution in [0.2, 0.25) is 0 Å². The molecule has 0 radical (unpaired) electrons. The lowest BCUT2D eigenvalue weighted by Crippen LogP contribution is -2.38. The van der Waals surface area contributed by atoms with Gasteiger partial charge in [-0.15, -0.1) is 35.3 Å². The summed E-state index contributed by atoms with van der Waals surface area (Å²) in [4.78, 5) is 10.1. The molecule has 0 atom stereocenters. The minimum absolute atomic E-state index is 0. The second-order valence-electron chi connectivity index (χ2n) is 7.17. The predicted molar refractivity (Wildman–Crippen MR) is 126 cm³/mol. The summed E-state index contributed by atoms with van der Waals surface area (Å²) < 4.78 is 6.05. The fourth-order valence-electron chi connectivity index (χ4n) is 2.58. The highest BCUT2D eigenvalue weighted by Crippen LogP contribution is 2.22. The van der Waals surface area contributed by atoms with E-state index in [2.05, 4.69) is 54.4 Å². The summed E-state index contributed by atoms with van der Waals surface area (Å²) in [6.07, 6.45) is 0.946. The Morgan fingerprint density at radius 1 is 1.19 bits per heavy atom. The van der Waals surface area contributed by atoms with Crippen LogP contribution in [0.3, 0.4) is 0 Å². The van der Waals surface area contributed by atoms with Gasteiger partial charge in [-0.05, 0) is 40.7 Å². The normalized spacial score (nSPS) is 11.7. The Kier molecular flexibility index (Phi) is 9.52. The number of hydrogen-bond donors (Lipinski definition) is 2. The van der Waals surface area contributed by atoms with Crippen molar-refractivity contribution in [2.24, 2.45) is 4.99 Å². The fraction of sp³-hybridized carbons (Fsp3) is 0.500. The number of nitrogens with zero attached hydrogens (tertiary/aromatic N) is 2. The van der Waals surface area contributed by atoms with E-state index in [0.717, 1.165) is 40.9 Å². The van der Waals surface area contributed by atoms with Gasteiger partial charge < -0.3 is 15.4 Å². The minimum atomic E-state index is -0.221. The number of hydrogen-bond acceptors (Lipinski definition) is 4. The third-order valence-corrected chi connectivity index (χ3v) is 4.84. The first-order valence-electron chi connectivity index (χ1n) is 8.93. The maximum atomic E-state index is 6.05. The average molecular weight is 502 g/mol. The molecule has 0 aliphatic carbocycles. The molecule has 0 aliphatic rings. The van der Waals surface area contributed by atoms with Crippen LogP contribution >= 0.6 is 35.3 Å². The van der Waals surface area contributed by atoms with Gasteiger partial charge in [0.25, 0.3) is 0 Å². The number of guanidine groups is 1. The van der Waals surface area contributed by atoms with E-state index >= 15 is 0 Å². The molecule has 0 bridgehead atoms. The van der Waals surface area contributed by atoms with E-state index in [-0.39, 0.29) is 29.6 Å². The Morgan fingerprint density at radius 3 is 2.48 bits per heavy atom. The number of halogens is 1. The molecule has 0 amide bonds. The lowest BCUT2D eigenvalue weighted by atomic mass is 10.1. The number of benzene rings is 1. The van der Waals surface area contributed by atoms with Crippen LogP contribution in [0.5, 0.6) is 5.75 Å². The molecule has 7 heteroatoms. The van der Waals surface area contributed by atoms with Gasteiger partial charge in [0, 0.05) is 37.0 Å². The fourth-order valence-corrected chi connectivity index (χ4v) is 3.52. The molecule has 0 saturated heterocycles. The quantitative estimate of drug-likeness (QED) is 0.348. The SMILES string of the molecule is CN=C(NCCc1sc(C)nc1C)NCc1ccccc1OC(C)(C)C.I. The molecule has 0 unspecified atom stereocenters. The first kappa shape index (κ1) is 23.7. The zero-order valence-electron chi connectivity index (χ0n) is 17.0. The predicted octanol–water partition coefficient (Wildman–Crippen LogP) is 4.46. The van der Waals surface area contributed by atoms with Crippen molar-refractivity contribution in [2.75, 3.05) is 13.6 Å². The van der Waals surface area contributed by atoms with E-state index in [4.69, 9.17) is 4.74 Å². The van der Waals surface area contributed by atoms with Crippen LogP contribution in [0.1, 0.15) is 41.9 Å². The Hall–Kier alpha value is -1.35. The lowest BCUT2D eigenvalue weighted by molar-refractivity contribution is 0.129. The summed E-state index contributed by atoms with van der Waals surface area (Å²) in [5.41, 5.74) is 2.02. The topological polar surface area (TPSA) is 58.5 Å². The van der Waals surface area contributed by atoms with Crippen LogP contribution in [0, 0.1) is 13.8 Å². The molecule has 1 aromatic heterocycles. The zero-order chi connectivity index (χ0) is 19.2. The highest BCUT2D eigenvalue weighted by molar-refractivity contribution is 14.0. The molecule has 0 saturated carbocycles. The van der Waals surface area contributed by atoms with E-state index in [0.29, 0.717) is 6.54 Å². The highest BCUT2D eigenvalue weighted by atomic mass is 127. The Bertz CT molecular complexity index is 753. The molecule has 2 N–H and O–H groups in total. The molecule has 2 aromatic rings. The molecule has 0 fully saturated rings. The van der Waals surface area contributed by atoms with Gasteiger partial charge in [-0.2, -0.15) is 0 Å². The molecule has 150 valence electrons. The molecule has 1 heterocycles. The third kappa shape index (κ3) is 8.04. The smallest absolute Gasteiger partial charge is 0.191 e. The van der Waals surface area contributed by atoms with E-state index in [1.54, 1.807) is 18.4 Å². The first-order valence-corrected chi connectivity index (χ1v) is 9.74. The second-order valence-corrected chi connectivity index (χ2v) is 8.45. The average Bonchev–Trinajstić information content (AvgIpc) is 2.88. The van der Waals surface area contributed by atoms with Crippen LogP contribution in [0.4, 0.5) is 0 Å². The number of ether oxygens (including phenoxy) is 1. The van der Waals surface area contributed by atoms with Gasteiger partial charge in [-0.3, -0.25) is 4.99 Å². The van der Waals surface area contributed by atoms with Crippen molar-refractivity contribution < 1.29 is 4.74 Å². The Labute approximate surface area is 184 Å². The van der Waals surface area contributed by atoms with Crippen molar-refractivity contribution in [2.45, 2.75) is 53.2 Å². The summed E-state index contributed by atoms with van der Waals surface area (Å²) in [5, 5.41) is 7.85. The van der Waals surface area contributed by atoms with Crippen molar-refractivity contribution in [1.82, 2.24) is 15.6 Å². The van der Waals surface area contributed by atoms with Gasteiger partial charge in [0.15, 0.2) is 5.96 Å². The Morgan fingerprint density at radius 2 is 1.89 bits per heavy atom. The van der Waals surface area contributed by atoms with Crippen LogP contribution in [0.25, 0.3) is 0 Å². The second kappa shape index (κ2) is 10.8. The van der Waals surface area contributed by atoms with Crippen LogP contribution in [-0.2, 0) is 13.0 Å². The van der Waals surface area contributed by atoms with E-state index < -0.39 is 0 Å². The summed E-state index contributed by atoms with van der Waals surface area (Å²) in [5.74, 6) is 1.69. The molecule has 2 rings (SSSR count). The lowest BCUT2D eigenvalue weighted by Gasteiger charge is -2.23. The van der Waals surface area contributed by atoms with Crippen molar-refractivity contribution >= 4 is 41.3 Å². The maximum absolute atomic E-state index is 6.05. The van der Waals surface area contributed by atoms with E-state index in [9.17, 15) is 0 Å². The molecular weight excluding hydrogens is 471 g/mol. The summed E-state index contributed by atoms with van der Waals surface area (Å²) in [7, 11) is 1.79. The first-order chi connectivity index (χ1) is 12.3. The Balaban J connectivity index is 0.00000364. The van der Waals surface area contributed by atoms with Crippen LogP contribution in [0.15, 0.2) is 29.3 Å². The summed E-state index contributed by atoms with van der Waals surface area (Å²) >= 11 is 1.76. The van der Waals surface area contributed by atoms with Crippen molar-refractivity contribution in [3.8, 4) is 5.75 Å². The van der Waals surface area contributed by atoms with Crippen molar-refractivity contribution in [1.29, 1.82) is 0 Å².